The Morgan fingerprint density at radius 2 is 1.83 bits per heavy atom. The number of rotatable bonds is 4. The number of alkyl halides is 7. The van der Waals surface area contributed by atoms with Crippen molar-refractivity contribution >= 4 is 22.6 Å². The van der Waals surface area contributed by atoms with Gasteiger partial charge in [0.05, 0.1) is 9.77 Å². The molecule has 13 heteroatoms. The van der Waals surface area contributed by atoms with E-state index in [1.807, 2.05) is 0 Å². The zero-order valence-corrected chi connectivity index (χ0v) is 13.1. The lowest BCUT2D eigenvalue weighted by atomic mass is 10.2. The van der Waals surface area contributed by atoms with E-state index in [2.05, 4.69) is 14.9 Å². The molecule has 0 unspecified atom stereocenters. The van der Waals surface area contributed by atoms with Crippen molar-refractivity contribution in [3.8, 4) is 11.6 Å². The number of ether oxygens (including phenoxy) is 1. The van der Waals surface area contributed by atoms with Gasteiger partial charge >= 0.3 is 18.7 Å². The summed E-state index contributed by atoms with van der Waals surface area (Å²) >= 11 is 1.78. The Morgan fingerprint density at radius 3 is 2.26 bits per heavy atom. The van der Waals surface area contributed by atoms with Crippen LogP contribution in [0, 0.1) is 3.57 Å². The van der Waals surface area contributed by atoms with Crippen LogP contribution < -0.4 is 4.74 Å². The van der Waals surface area contributed by atoms with Crippen LogP contribution in [0.2, 0.25) is 0 Å². The molecule has 0 aromatic carbocycles. The topological polar surface area (TPSA) is 44.9 Å². The summed E-state index contributed by atoms with van der Waals surface area (Å²) < 4.78 is 95.3. The van der Waals surface area contributed by atoms with Gasteiger partial charge in [-0.25, -0.2) is 9.36 Å². The molecular weight excluding hydrogens is 452 g/mol. The smallest absolute Gasteiger partial charge is 0.428 e. The van der Waals surface area contributed by atoms with Gasteiger partial charge in [0.25, 0.3) is 0 Å². The van der Waals surface area contributed by atoms with Crippen LogP contribution in [0.25, 0.3) is 5.82 Å². The third-order valence-corrected chi connectivity index (χ3v) is 3.16. The van der Waals surface area contributed by atoms with Gasteiger partial charge in [-0.2, -0.15) is 40.9 Å². The SMILES string of the molecule is Cn1nc(C(F)(F)C(F)(F)F)c(OC(F)F)c1-n1cc(I)cn1. The van der Waals surface area contributed by atoms with Crippen molar-refractivity contribution in [2.75, 3.05) is 0 Å². The predicted octanol–water partition coefficient (Wildman–Crippen LogP) is 3.47. The summed E-state index contributed by atoms with van der Waals surface area (Å²) in [6.45, 7) is -3.63. The van der Waals surface area contributed by atoms with Gasteiger partial charge in [0.1, 0.15) is 0 Å². The first kappa shape index (κ1) is 17.8. The second kappa shape index (κ2) is 5.83. The average molecular weight is 458 g/mol. The largest absolute Gasteiger partial charge is 0.459 e. The highest BCUT2D eigenvalue weighted by atomic mass is 127. The quantitative estimate of drug-likeness (QED) is 0.521. The van der Waals surface area contributed by atoms with E-state index in [9.17, 15) is 30.7 Å². The fourth-order valence-electron chi connectivity index (χ4n) is 1.70. The molecule has 0 atom stereocenters. The Morgan fingerprint density at radius 1 is 1.22 bits per heavy atom. The Hall–Kier alpha value is -1.54. The molecule has 0 radical (unpaired) electrons. The van der Waals surface area contributed by atoms with Crippen LogP contribution in [0.1, 0.15) is 5.69 Å². The first-order chi connectivity index (χ1) is 10.4. The first-order valence-corrected chi connectivity index (χ1v) is 6.70. The number of hydrogen-bond donors (Lipinski definition) is 0. The second-order valence-corrected chi connectivity index (χ2v) is 5.42. The molecule has 0 saturated heterocycles. The minimum Gasteiger partial charge on any atom is -0.428 e. The van der Waals surface area contributed by atoms with E-state index in [-0.39, 0.29) is 0 Å². The standard InChI is InChI=1S/C10H6F7IN4O/c1-21-7(22-3-4(18)2-19-22)5(23-8(11)12)6(20-21)9(13,14)10(15,16)17/h2-3,8H,1H3. The lowest BCUT2D eigenvalue weighted by Crippen LogP contribution is -2.34. The Labute approximate surface area is 137 Å². The second-order valence-electron chi connectivity index (χ2n) is 4.18. The molecule has 0 spiro atoms. The summed E-state index contributed by atoms with van der Waals surface area (Å²) in [6, 6.07) is 0. The Balaban J connectivity index is 2.70. The molecule has 0 aliphatic carbocycles. The van der Waals surface area contributed by atoms with Gasteiger partial charge in [0.2, 0.25) is 0 Å². The normalized spacial score (nSPS) is 13.0. The molecule has 2 aromatic heterocycles. The molecular formula is C10H6F7IN4O. The number of hydrogen-bond acceptors (Lipinski definition) is 3. The van der Waals surface area contributed by atoms with E-state index in [1.165, 1.54) is 12.4 Å². The third-order valence-electron chi connectivity index (χ3n) is 2.60. The van der Waals surface area contributed by atoms with Crippen LogP contribution in [-0.2, 0) is 13.0 Å². The summed E-state index contributed by atoms with van der Waals surface area (Å²) in [5.74, 6) is -7.47. The molecule has 0 fully saturated rings. The van der Waals surface area contributed by atoms with Gasteiger partial charge in [0, 0.05) is 13.2 Å². The van der Waals surface area contributed by atoms with Gasteiger partial charge in [-0.15, -0.1) is 0 Å². The molecule has 23 heavy (non-hydrogen) atoms. The van der Waals surface area contributed by atoms with Gasteiger partial charge in [-0.05, 0) is 22.6 Å². The van der Waals surface area contributed by atoms with Gasteiger partial charge in [-0.1, -0.05) is 0 Å². The van der Waals surface area contributed by atoms with E-state index in [4.69, 9.17) is 0 Å². The summed E-state index contributed by atoms with van der Waals surface area (Å²) in [4.78, 5) is 0. The average Bonchev–Trinajstić information content (AvgIpc) is 2.91. The molecule has 2 heterocycles. The fraction of sp³-hybridized carbons (Fsp3) is 0.400. The molecule has 0 aliphatic rings. The van der Waals surface area contributed by atoms with Gasteiger partial charge < -0.3 is 4.74 Å². The molecule has 2 rings (SSSR count). The van der Waals surface area contributed by atoms with Crippen LogP contribution in [0.4, 0.5) is 30.7 Å². The Bertz CT molecular complexity index is 709. The highest BCUT2D eigenvalue weighted by Crippen LogP contribution is 2.48. The van der Waals surface area contributed by atoms with Crippen LogP contribution in [0.15, 0.2) is 12.4 Å². The molecule has 0 saturated carbocycles. The van der Waals surface area contributed by atoms with E-state index in [0.29, 0.717) is 8.25 Å². The van der Waals surface area contributed by atoms with Crippen molar-refractivity contribution in [1.82, 2.24) is 19.6 Å². The van der Waals surface area contributed by atoms with Crippen LogP contribution in [0.3, 0.4) is 0 Å². The van der Waals surface area contributed by atoms with Crippen molar-refractivity contribution in [1.29, 1.82) is 0 Å². The van der Waals surface area contributed by atoms with Crippen LogP contribution >= 0.6 is 22.6 Å². The molecule has 5 nitrogen and oxygen atoms in total. The Kier molecular flexibility index (Phi) is 4.51. The monoisotopic (exact) mass is 458 g/mol. The summed E-state index contributed by atoms with van der Waals surface area (Å²) in [5, 5.41) is 6.68. The van der Waals surface area contributed by atoms with Gasteiger partial charge in [-0.3, -0.25) is 0 Å². The first-order valence-electron chi connectivity index (χ1n) is 5.62. The lowest BCUT2D eigenvalue weighted by Gasteiger charge is -2.18. The van der Waals surface area contributed by atoms with E-state index in [1.54, 1.807) is 22.6 Å². The number of halogens is 8. The number of aromatic nitrogens is 4. The van der Waals surface area contributed by atoms with Crippen LogP contribution in [0.5, 0.6) is 5.75 Å². The predicted molar refractivity (Wildman–Crippen MR) is 69.6 cm³/mol. The maximum atomic E-state index is 13.5. The van der Waals surface area contributed by atoms with E-state index >= 15 is 0 Å². The minimum absolute atomic E-state index is 0.482. The van der Waals surface area contributed by atoms with Crippen molar-refractivity contribution in [3.63, 3.8) is 0 Å². The van der Waals surface area contributed by atoms with Crippen LogP contribution in [-0.4, -0.2) is 32.3 Å². The lowest BCUT2D eigenvalue weighted by molar-refractivity contribution is -0.291. The summed E-state index contributed by atoms with van der Waals surface area (Å²) in [6.07, 6.45) is -3.58. The maximum absolute atomic E-state index is 13.5. The number of nitrogens with zero attached hydrogens (tertiary/aromatic N) is 4. The molecule has 0 N–H and O–H groups in total. The zero-order valence-electron chi connectivity index (χ0n) is 11.0. The molecule has 0 bridgehead atoms. The minimum atomic E-state index is -6.03. The molecule has 0 amide bonds. The molecule has 128 valence electrons. The molecule has 0 aliphatic heterocycles. The third kappa shape index (κ3) is 3.23. The highest BCUT2D eigenvalue weighted by Gasteiger charge is 2.62. The van der Waals surface area contributed by atoms with Crippen molar-refractivity contribution in [2.24, 2.45) is 7.05 Å². The van der Waals surface area contributed by atoms with Crippen molar-refractivity contribution < 1.29 is 35.5 Å². The van der Waals surface area contributed by atoms with E-state index in [0.717, 1.165) is 11.7 Å². The zero-order chi connectivity index (χ0) is 17.6. The highest BCUT2D eigenvalue weighted by molar-refractivity contribution is 14.1. The number of aryl methyl sites for hydroxylation is 1. The molecule has 2 aromatic rings. The van der Waals surface area contributed by atoms with Crippen molar-refractivity contribution in [2.45, 2.75) is 18.7 Å². The summed E-state index contributed by atoms with van der Waals surface area (Å²) in [7, 11) is 0.998. The van der Waals surface area contributed by atoms with E-state index < -0.39 is 36.0 Å². The van der Waals surface area contributed by atoms with Crippen molar-refractivity contribution in [3.05, 3.63) is 21.7 Å². The fourth-order valence-corrected chi connectivity index (χ4v) is 2.09. The summed E-state index contributed by atoms with van der Waals surface area (Å²) in [5.41, 5.74) is -1.96. The maximum Gasteiger partial charge on any atom is 0.459 e. The van der Waals surface area contributed by atoms with Gasteiger partial charge in [0.15, 0.2) is 17.3 Å².